The number of fused-ring (bicyclic) bond motifs is 1. The van der Waals surface area contributed by atoms with Gasteiger partial charge in [-0.25, -0.2) is 0 Å². The van der Waals surface area contributed by atoms with Crippen molar-refractivity contribution >= 4 is 11.6 Å². The zero-order chi connectivity index (χ0) is 13.1. The number of hydrogen-bond acceptors (Lipinski definition) is 2. The largest absolute Gasteiger partial charge is 0.302 e. The molecule has 3 heteroatoms. The Morgan fingerprint density at radius 1 is 0.947 bits per heavy atom. The fraction of sp³-hybridized carbons (Fsp3) is 0.625. The zero-order valence-electron chi connectivity index (χ0n) is 11.6. The van der Waals surface area contributed by atoms with Crippen molar-refractivity contribution in [2.45, 2.75) is 32.2 Å². The van der Waals surface area contributed by atoms with Gasteiger partial charge in [-0.05, 0) is 49.5 Å². The van der Waals surface area contributed by atoms with E-state index in [4.69, 9.17) is 11.6 Å². The van der Waals surface area contributed by atoms with Crippen LogP contribution < -0.4 is 0 Å². The van der Waals surface area contributed by atoms with Crippen LogP contribution in [0.4, 0.5) is 0 Å². The SMILES string of the molecule is Clc1cccc2c1CN(CCN1CCCCC1)CC2. The van der Waals surface area contributed by atoms with Gasteiger partial charge in [0.2, 0.25) is 0 Å². The summed E-state index contributed by atoms with van der Waals surface area (Å²) in [5.74, 6) is 0. The number of halogens is 1. The number of nitrogens with zero attached hydrogens (tertiary/aromatic N) is 2. The van der Waals surface area contributed by atoms with Gasteiger partial charge >= 0.3 is 0 Å². The Morgan fingerprint density at radius 2 is 1.74 bits per heavy atom. The second-order valence-electron chi connectivity index (χ2n) is 5.81. The van der Waals surface area contributed by atoms with Gasteiger partial charge in [-0.15, -0.1) is 0 Å². The molecule has 1 saturated heterocycles. The first-order chi connectivity index (χ1) is 9.33. The topological polar surface area (TPSA) is 6.48 Å². The Hall–Kier alpha value is -0.570. The lowest BCUT2D eigenvalue weighted by molar-refractivity contribution is 0.173. The normalized spacial score (nSPS) is 21.3. The summed E-state index contributed by atoms with van der Waals surface area (Å²) < 4.78 is 0. The van der Waals surface area contributed by atoms with E-state index in [-0.39, 0.29) is 0 Å². The van der Waals surface area contributed by atoms with E-state index in [0.29, 0.717) is 0 Å². The number of hydrogen-bond donors (Lipinski definition) is 0. The summed E-state index contributed by atoms with van der Waals surface area (Å²) in [6.45, 7) is 7.21. The third-order valence-electron chi connectivity index (χ3n) is 4.48. The summed E-state index contributed by atoms with van der Waals surface area (Å²) in [7, 11) is 0. The molecule has 1 aromatic carbocycles. The summed E-state index contributed by atoms with van der Waals surface area (Å²) in [4.78, 5) is 5.18. The highest BCUT2D eigenvalue weighted by molar-refractivity contribution is 6.31. The summed E-state index contributed by atoms with van der Waals surface area (Å²) in [6, 6.07) is 6.32. The van der Waals surface area contributed by atoms with E-state index < -0.39 is 0 Å². The second-order valence-corrected chi connectivity index (χ2v) is 6.21. The highest BCUT2D eigenvalue weighted by Gasteiger charge is 2.19. The van der Waals surface area contributed by atoms with Crippen molar-refractivity contribution in [1.29, 1.82) is 0 Å². The van der Waals surface area contributed by atoms with E-state index in [2.05, 4.69) is 21.9 Å². The van der Waals surface area contributed by atoms with Crippen LogP contribution in [-0.2, 0) is 13.0 Å². The zero-order valence-corrected chi connectivity index (χ0v) is 12.3. The van der Waals surface area contributed by atoms with Crippen LogP contribution in [0.25, 0.3) is 0 Å². The van der Waals surface area contributed by atoms with Crippen LogP contribution in [0, 0.1) is 0 Å². The molecule has 0 aromatic heterocycles. The molecule has 0 unspecified atom stereocenters. The highest BCUT2D eigenvalue weighted by atomic mass is 35.5. The molecule has 1 aromatic rings. The van der Waals surface area contributed by atoms with Gasteiger partial charge in [0.1, 0.15) is 0 Å². The Balaban J connectivity index is 1.55. The molecular formula is C16H23ClN2. The van der Waals surface area contributed by atoms with Crippen LogP contribution in [0.2, 0.25) is 5.02 Å². The number of piperidine rings is 1. The van der Waals surface area contributed by atoms with Crippen LogP contribution >= 0.6 is 11.6 Å². The van der Waals surface area contributed by atoms with E-state index in [1.54, 1.807) is 0 Å². The molecule has 0 N–H and O–H groups in total. The molecule has 3 rings (SSSR count). The molecule has 2 aliphatic heterocycles. The molecule has 104 valence electrons. The Labute approximate surface area is 121 Å². The third-order valence-corrected chi connectivity index (χ3v) is 4.83. The predicted molar refractivity (Wildman–Crippen MR) is 80.7 cm³/mol. The van der Waals surface area contributed by atoms with E-state index in [1.807, 2.05) is 6.07 Å². The molecule has 0 aliphatic carbocycles. The first-order valence-corrected chi connectivity index (χ1v) is 7.92. The molecule has 2 aliphatic rings. The molecule has 2 heterocycles. The standard InChI is InChI=1S/C16H23ClN2/c17-16-6-4-5-14-7-10-19(13-15(14)16)12-11-18-8-2-1-3-9-18/h4-6H,1-3,7-13H2. The number of benzene rings is 1. The fourth-order valence-corrected chi connectivity index (χ4v) is 3.51. The average Bonchev–Trinajstić information content (AvgIpc) is 2.47. The van der Waals surface area contributed by atoms with Crippen molar-refractivity contribution in [3.05, 3.63) is 34.3 Å². The van der Waals surface area contributed by atoms with E-state index in [0.717, 1.165) is 18.0 Å². The molecule has 1 fully saturated rings. The molecule has 0 radical (unpaired) electrons. The van der Waals surface area contributed by atoms with Gasteiger partial charge in [0, 0.05) is 31.2 Å². The number of rotatable bonds is 3. The summed E-state index contributed by atoms with van der Waals surface area (Å²) >= 11 is 6.32. The lowest BCUT2D eigenvalue weighted by Gasteiger charge is -2.33. The summed E-state index contributed by atoms with van der Waals surface area (Å²) in [6.07, 6.45) is 5.34. The summed E-state index contributed by atoms with van der Waals surface area (Å²) in [5.41, 5.74) is 2.80. The Morgan fingerprint density at radius 3 is 2.58 bits per heavy atom. The molecule has 19 heavy (non-hydrogen) atoms. The van der Waals surface area contributed by atoms with Crippen LogP contribution in [0.1, 0.15) is 30.4 Å². The molecular weight excluding hydrogens is 256 g/mol. The second kappa shape index (κ2) is 6.25. The first-order valence-electron chi connectivity index (χ1n) is 7.54. The third kappa shape index (κ3) is 3.31. The van der Waals surface area contributed by atoms with Gasteiger partial charge in [0.05, 0.1) is 0 Å². The first kappa shape index (κ1) is 13.4. The molecule has 0 bridgehead atoms. The lowest BCUT2D eigenvalue weighted by atomic mass is 10.00. The smallest absolute Gasteiger partial charge is 0.0453 e. The van der Waals surface area contributed by atoms with Crippen LogP contribution in [0.3, 0.4) is 0 Å². The van der Waals surface area contributed by atoms with E-state index >= 15 is 0 Å². The molecule has 0 atom stereocenters. The molecule has 0 amide bonds. The quantitative estimate of drug-likeness (QED) is 0.838. The maximum atomic E-state index is 6.32. The van der Waals surface area contributed by atoms with Gasteiger partial charge in [-0.1, -0.05) is 30.2 Å². The number of likely N-dealkylation sites (tertiary alicyclic amines) is 1. The van der Waals surface area contributed by atoms with Crippen molar-refractivity contribution < 1.29 is 0 Å². The van der Waals surface area contributed by atoms with Gasteiger partial charge in [-0.2, -0.15) is 0 Å². The minimum absolute atomic E-state index is 0.945. The maximum Gasteiger partial charge on any atom is 0.0453 e. The lowest BCUT2D eigenvalue weighted by Crippen LogP contribution is -2.39. The summed E-state index contributed by atoms with van der Waals surface area (Å²) in [5, 5.41) is 0.945. The van der Waals surface area contributed by atoms with Gasteiger partial charge in [0.25, 0.3) is 0 Å². The Kier molecular flexibility index (Phi) is 4.42. The highest BCUT2D eigenvalue weighted by Crippen LogP contribution is 2.25. The Bertz CT molecular complexity index is 427. The van der Waals surface area contributed by atoms with Crippen molar-refractivity contribution in [2.24, 2.45) is 0 Å². The molecule has 0 saturated carbocycles. The van der Waals surface area contributed by atoms with E-state index in [9.17, 15) is 0 Å². The van der Waals surface area contributed by atoms with Crippen LogP contribution in [0.5, 0.6) is 0 Å². The minimum atomic E-state index is 0.945. The minimum Gasteiger partial charge on any atom is -0.302 e. The van der Waals surface area contributed by atoms with Gasteiger partial charge in [-0.3, -0.25) is 4.90 Å². The van der Waals surface area contributed by atoms with Crippen molar-refractivity contribution in [3.8, 4) is 0 Å². The predicted octanol–water partition coefficient (Wildman–Crippen LogP) is 3.18. The molecule has 0 spiro atoms. The van der Waals surface area contributed by atoms with Crippen LogP contribution in [0.15, 0.2) is 18.2 Å². The van der Waals surface area contributed by atoms with Crippen LogP contribution in [-0.4, -0.2) is 42.5 Å². The van der Waals surface area contributed by atoms with Crippen molar-refractivity contribution in [2.75, 3.05) is 32.7 Å². The van der Waals surface area contributed by atoms with Crippen molar-refractivity contribution in [1.82, 2.24) is 9.80 Å². The maximum absolute atomic E-state index is 6.32. The average molecular weight is 279 g/mol. The van der Waals surface area contributed by atoms with Gasteiger partial charge < -0.3 is 4.90 Å². The van der Waals surface area contributed by atoms with E-state index in [1.165, 1.54) is 63.1 Å². The van der Waals surface area contributed by atoms with Gasteiger partial charge in [0.15, 0.2) is 0 Å². The molecule has 2 nitrogen and oxygen atoms in total. The monoisotopic (exact) mass is 278 g/mol. The van der Waals surface area contributed by atoms with Crippen molar-refractivity contribution in [3.63, 3.8) is 0 Å². The fourth-order valence-electron chi connectivity index (χ4n) is 3.25.